The molecule has 1 aliphatic heterocycles. The number of sulfonamides is 1. The van der Waals surface area contributed by atoms with Crippen LogP contribution in [-0.4, -0.2) is 42.1 Å². The lowest BCUT2D eigenvalue weighted by Crippen LogP contribution is -2.37. The smallest absolute Gasteiger partial charge is 0.331 e. The third-order valence-electron chi connectivity index (χ3n) is 3.32. The zero-order valence-corrected chi connectivity index (χ0v) is 11.6. The van der Waals surface area contributed by atoms with Crippen LogP contribution in [0.3, 0.4) is 0 Å². The molecule has 2 unspecified atom stereocenters. The topological polar surface area (TPSA) is 118 Å². The average Bonchev–Trinajstić information content (AvgIpc) is 2.74. The van der Waals surface area contributed by atoms with E-state index in [1.165, 1.54) is 12.1 Å². The number of aliphatic carboxylic acids is 1. The van der Waals surface area contributed by atoms with E-state index in [1.54, 1.807) is 0 Å². The maximum atomic E-state index is 12.9. The summed E-state index contributed by atoms with van der Waals surface area (Å²) in [5.74, 6) is -2.49. The van der Waals surface area contributed by atoms with E-state index in [-0.39, 0.29) is 18.5 Å². The van der Waals surface area contributed by atoms with Crippen LogP contribution < -0.4 is 5.14 Å². The molecule has 1 heterocycles. The summed E-state index contributed by atoms with van der Waals surface area (Å²) >= 11 is 0. The second kappa shape index (κ2) is 5.41. The number of rotatable bonds is 4. The van der Waals surface area contributed by atoms with Crippen LogP contribution in [0.25, 0.3) is 0 Å². The number of nitrogens with zero attached hydrogens (tertiary/aromatic N) is 1. The zero-order valence-electron chi connectivity index (χ0n) is 10.8. The number of carbonyl (C=O) groups is 2. The van der Waals surface area contributed by atoms with Crippen LogP contribution in [-0.2, 0) is 19.6 Å². The van der Waals surface area contributed by atoms with Crippen LogP contribution >= 0.6 is 0 Å². The van der Waals surface area contributed by atoms with Crippen molar-refractivity contribution >= 4 is 21.9 Å². The van der Waals surface area contributed by atoms with Crippen molar-refractivity contribution in [1.82, 2.24) is 4.90 Å². The molecule has 1 saturated heterocycles. The first-order valence-corrected chi connectivity index (χ1v) is 7.60. The summed E-state index contributed by atoms with van der Waals surface area (Å²) in [6.07, 6.45) is -0.357. The molecule has 2 rings (SSSR count). The summed E-state index contributed by atoms with van der Waals surface area (Å²) in [7, 11) is -3.93. The van der Waals surface area contributed by atoms with Crippen molar-refractivity contribution in [2.24, 2.45) is 5.14 Å². The Morgan fingerprint density at radius 2 is 1.95 bits per heavy atom. The number of primary sulfonamides is 1. The highest BCUT2D eigenvalue weighted by Crippen LogP contribution is 2.28. The molecule has 7 nitrogen and oxygen atoms in total. The molecule has 1 aromatic rings. The predicted molar refractivity (Wildman–Crippen MR) is 70.0 cm³/mol. The summed E-state index contributed by atoms with van der Waals surface area (Å²) in [6.45, 7) is -0.300. The highest BCUT2D eigenvalue weighted by atomic mass is 32.2. The molecule has 1 aliphatic rings. The largest absolute Gasteiger partial charge is 0.479 e. The van der Waals surface area contributed by atoms with Gasteiger partial charge in [-0.15, -0.1) is 0 Å². The van der Waals surface area contributed by atoms with E-state index >= 15 is 0 Å². The number of amides is 1. The number of hydrogen-bond donors (Lipinski definition) is 2. The van der Waals surface area contributed by atoms with Crippen molar-refractivity contribution in [2.75, 3.05) is 6.54 Å². The molecule has 0 bridgehead atoms. The van der Waals surface area contributed by atoms with E-state index in [0.717, 1.165) is 17.0 Å². The Morgan fingerprint density at radius 1 is 1.38 bits per heavy atom. The third-order valence-corrected chi connectivity index (χ3v) is 4.56. The van der Waals surface area contributed by atoms with Gasteiger partial charge >= 0.3 is 5.97 Å². The van der Waals surface area contributed by atoms with Crippen LogP contribution in [0.5, 0.6) is 0 Å². The first-order chi connectivity index (χ1) is 9.70. The van der Waals surface area contributed by atoms with Gasteiger partial charge in [-0.25, -0.2) is 22.7 Å². The summed E-state index contributed by atoms with van der Waals surface area (Å²) in [5, 5.41) is 13.2. The van der Waals surface area contributed by atoms with E-state index < -0.39 is 39.0 Å². The molecule has 0 saturated carbocycles. The van der Waals surface area contributed by atoms with Crippen LogP contribution in [0.4, 0.5) is 4.39 Å². The fraction of sp³-hybridized carbons (Fsp3) is 0.333. The van der Waals surface area contributed by atoms with Gasteiger partial charge in [0.05, 0.1) is 0 Å². The van der Waals surface area contributed by atoms with E-state index in [0.29, 0.717) is 0 Å². The van der Waals surface area contributed by atoms with Gasteiger partial charge in [-0.05, 0) is 17.7 Å². The molecule has 21 heavy (non-hydrogen) atoms. The average molecular weight is 316 g/mol. The summed E-state index contributed by atoms with van der Waals surface area (Å²) < 4.78 is 35.5. The van der Waals surface area contributed by atoms with Gasteiger partial charge in [-0.2, -0.15) is 0 Å². The number of carboxylic acid groups (broad SMARTS) is 1. The van der Waals surface area contributed by atoms with Crippen LogP contribution in [0.15, 0.2) is 24.3 Å². The Balaban J connectivity index is 2.34. The molecule has 9 heteroatoms. The highest BCUT2D eigenvalue weighted by Gasteiger charge is 2.42. The number of halogens is 1. The summed E-state index contributed by atoms with van der Waals surface area (Å²) in [4.78, 5) is 24.2. The van der Waals surface area contributed by atoms with Crippen molar-refractivity contribution in [3.05, 3.63) is 35.6 Å². The third kappa shape index (κ3) is 3.19. The molecule has 2 atom stereocenters. The highest BCUT2D eigenvalue weighted by molar-refractivity contribution is 7.89. The maximum absolute atomic E-state index is 12.9. The first kappa shape index (κ1) is 15.4. The Kier molecular flexibility index (Phi) is 3.97. The van der Waals surface area contributed by atoms with Gasteiger partial charge in [0.25, 0.3) is 0 Å². The predicted octanol–water partition coefficient (Wildman–Crippen LogP) is -0.159. The fourth-order valence-corrected chi connectivity index (χ4v) is 3.01. The van der Waals surface area contributed by atoms with E-state index in [9.17, 15) is 27.5 Å². The minimum Gasteiger partial charge on any atom is -0.479 e. The molecule has 0 spiro atoms. The van der Waals surface area contributed by atoms with Gasteiger partial charge in [0, 0.05) is 13.0 Å². The Morgan fingerprint density at radius 3 is 2.38 bits per heavy atom. The Bertz CT molecular complexity index is 673. The van der Waals surface area contributed by atoms with Gasteiger partial charge in [0.1, 0.15) is 11.1 Å². The van der Waals surface area contributed by atoms with E-state index in [2.05, 4.69) is 0 Å². The molecule has 3 N–H and O–H groups in total. The molecule has 1 aromatic carbocycles. The van der Waals surface area contributed by atoms with Crippen LogP contribution in [0.1, 0.15) is 18.0 Å². The van der Waals surface area contributed by atoms with Gasteiger partial charge in [0.2, 0.25) is 15.9 Å². The molecule has 0 aliphatic carbocycles. The quantitative estimate of drug-likeness (QED) is 0.800. The minimum absolute atomic E-state index is 0.187. The van der Waals surface area contributed by atoms with Crippen LogP contribution in [0.2, 0.25) is 0 Å². The van der Waals surface area contributed by atoms with Crippen LogP contribution in [0, 0.1) is 5.82 Å². The first-order valence-electron chi connectivity index (χ1n) is 5.99. The van der Waals surface area contributed by atoms with Crippen molar-refractivity contribution in [3.63, 3.8) is 0 Å². The van der Waals surface area contributed by atoms with Crippen molar-refractivity contribution in [3.8, 4) is 0 Å². The standard InChI is InChI=1S/C12H13FN2O5S/c13-8-3-1-7(2-4-8)11(12(17)18)15-6-9(5-10(15)16)21(14,19)20/h1-4,9,11H,5-6H2,(H,17,18)(H2,14,19,20). The monoisotopic (exact) mass is 316 g/mol. The van der Waals surface area contributed by atoms with Gasteiger partial charge in [0.15, 0.2) is 6.04 Å². The lowest BCUT2D eigenvalue weighted by atomic mass is 10.1. The molecule has 114 valence electrons. The zero-order chi connectivity index (χ0) is 15.8. The number of hydrogen-bond acceptors (Lipinski definition) is 4. The molecule has 1 amide bonds. The minimum atomic E-state index is -3.93. The van der Waals surface area contributed by atoms with Crippen molar-refractivity contribution in [2.45, 2.75) is 17.7 Å². The SMILES string of the molecule is NS(=O)(=O)C1CC(=O)N(C(C(=O)O)c2ccc(F)cc2)C1. The number of carboxylic acids is 1. The number of nitrogens with two attached hydrogens (primary N) is 1. The van der Waals surface area contributed by atoms with Crippen molar-refractivity contribution < 1.29 is 27.5 Å². The van der Waals surface area contributed by atoms with E-state index in [1.807, 2.05) is 0 Å². The normalized spacial score (nSPS) is 20.6. The fourth-order valence-electron chi connectivity index (χ4n) is 2.27. The number of benzene rings is 1. The lowest BCUT2D eigenvalue weighted by Gasteiger charge is -2.24. The Hall–Kier alpha value is -2.00. The van der Waals surface area contributed by atoms with Gasteiger partial charge in [-0.1, -0.05) is 12.1 Å². The summed E-state index contributed by atoms with van der Waals surface area (Å²) in [5.41, 5.74) is 0.187. The van der Waals surface area contributed by atoms with Crippen molar-refractivity contribution in [1.29, 1.82) is 0 Å². The molecule has 1 fully saturated rings. The molecule has 0 radical (unpaired) electrons. The Labute approximate surface area is 120 Å². The van der Waals surface area contributed by atoms with Gasteiger partial charge in [-0.3, -0.25) is 4.79 Å². The second-order valence-corrected chi connectivity index (χ2v) is 6.60. The second-order valence-electron chi connectivity index (χ2n) is 4.75. The lowest BCUT2D eigenvalue weighted by molar-refractivity contribution is -0.148. The van der Waals surface area contributed by atoms with Gasteiger partial charge < -0.3 is 10.0 Å². The van der Waals surface area contributed by atoms with E-state index in [4.69, 9.17) is 5.14 Å². The number of carbonyl (C=O) groups excluding carboxylic acids is 1. The summed E-state index contributed by atoms with van der Waals surface area (Å²) in [6, 6.07) is 3.26. The molecule has 0 aromatic heterocycles. The molecular formula is C12H13FN2O5S. The number of likely N-dealkylation sites (tertiary alicyclic amines) is 1. The maximum Gasteiger partial charge on any atom is 0.331 e. The molecular weight excluding hydrogens is 303 g/mol.